The Hall–Kier alpha value is -2.01. The summed E-state index contributed by atoms with van der Waals surface area (Å²) in [6.07, 6.45) is 4.06. The number of nitrogens with zero attached hydrogens (tertiary/aromatic N) is 3. The summed E-state index contributed by atoms with van der Waals surface area (Å²) in [5.41, 5.74) is 3.43. The molecule has 0 aliphatic heterocycles. The van der Waals surface area contributed by atoms with Crippen LogP contribution in [0.25, 0.3) is 0 Å². The van der Waals surface area contributed by atoms with Gasteiger partial charge in [0.2, 0.25) is 0 Å². The van der Waals surface area contributed by atoms with Crippen molar-refractivity contribution in [2.24, 2.45) is 12.2 Å². The van der Waals surface area contributed by atoms with Crippen molar-refractivity contribution < 1.29 is 4.84 Å². The zero-order chi connectivity index (χ0) is 18.5. The van der Waals surface area contributed by atoms with E-state index in [1.165, 1.54) is 0 Å². The minimum Gasteiger partial charge on any atom is -0.391 e. The van der Waals surface area contributed by atoms with Gasteiger partial charge in [-0.3, -0.25) is 0 Å². The van der Waals surface area contributed by atoms with Gasteiger partial charge in [-0.05, 0) is 29.8 Å². The van der Waals surface area contributed by atoms with Gasteiger partial charge in [-0.1, -0.05) is 58.2 Å². The van der Waals surface area contributed by atoms with E-state index in [0.717, 1.165) is 16.8 Å². The second kappa shape index (κ2) is 8.58. The molecule has 7 heteroatoms. The largest absolute Gasteiger partial charge is 0.391 e. The Balaban J connectivity index is 1.84. The molecule has 0 spiro atoms. The molecule has 0 N–H and O–H groups in total. The van der Waals surface area contributed by atoms with E-state index >= 15 is 0 Å². The number of aryl methyl sites for hydroxylation is 1. The molecule has 0 radical (unpaired) electrons. The first-order chi connectivity index (χ1) is 12.5. The molecule has 0 bridgehead atoms. The molecule has 0 fully saturated rings. The van der Waals surface area contributed by atoms with Crippen LogP contribution in [-0.4, -0.2) is 15.3 Å². The topological polar surface area (TPSA) is 39.4 Å². The molecule has 1 heterocycles. The zero-order valence-corrected chi connectivity index (χ0v) is 16.3. The molecule has 3 aromatic rings. The van der Waals surface area contributed by atoms with E-state index in [0.29, 0.717) is 33.8 Å². The highest BCUT2D eigenvalue weighted by molar-refractivity contribution is 6.37. The minimum absolute atomic E-state index is 0.331. The highest BCUT2D eigenvalue weighted by Crippen LogP contribution is 2.23. The van der Waals surface area contributed by atoms with Crippen molar-refractivity contribution in [2.75, 3.05) is 0 Å². The number of benzene rings is 2. The average molecular weight is 409 g/mol. The normalized spacial score (nSPS) is 11.6. The van der Waals surface area contributed by atoms with Crippen LogP contribution in [0.1, 0.15) is 16.8 Å². The molecule has 3 rings (SSSR count). The lowest BCUT2D eigenvalue weighted by Crippen LogP contribution is -2.10. The quantitative estimate of drug-likeness (QED) is 0.396. The fraction of sp³-hybridized carbons (Fsp3) is 0.158. The van der Waals surface area contributed by atoms with Crippen molar-refractivity contribution >= 4 is 40.5 Å². The Bertz CT molecular complexity index is 920. The lowest BCUT2D eigenvalue weighted by Gasteiger charge is -2.10. The highest BCUT2D eigenvalue weighted by atomic mass is 35.5. The number of hydrogen-bond donors (Lipinski definition) is 0. The first-order valence-corrected chi connectivity index (χ1v) is 9.00. The van der Waals surface area contributed by atoms with Crippen LogP contribution in [0.4, 0.5) is 0 Å². The van der Waals surface area contributed by atoms with Crippen molar-refractivity contribution in [1.82, 2.24) is 9.55 Å². The predicted molar refractivity (Wildman–Crippen MR) is 106 cm³/mol. The van der Waals surface area contributed by atoms with Gasteiger partial charge < -0.3 is 9.40 Å². The second-order valence-corrected chi connectivity index (χ2v) is 7.01. The fourth-order valence-corrected chi connectivity index (χ4v) is 3.04. The van der Waals surface area contributed by atoms with E-state index < -0.39 is 0 Å². The van der Waals surface area contributed by atoms with E-state index in [1.807, 2.05) is 41.9 Å². The summed E-state index contributed by atoms with van der Waals surface area (Å²) >= 11 is 18.3. The Morgan fingerprint density at radius 3 is 2.46 bits per heavy atom. The van der Waals surface area contributed by atoms with Gasteiger partial charge in [0, 0.05) is 41.0 Å². The maximum absolute atomic E-state index is 6.36. The summed E-state index contributed by atoms with van der Waals surface area (Å²) in [6.45, 7) is 0.331. The third-order valence-electron chi connectivity index (χ3n) is 3.83. The molecule has 26 heavy (non-hydrogen) atoms. The lowest BCUT2D eigenvalue weighted by molar-refractivity contribution is 0.130. The smallest absolute Gasteiger partial charge is 0.142 e. The summed E-state index contributed by atoms with van der Waals surface area (Å²) in [5.74, 6) is 0. The Labute approximate surface area is 167 Å². The summed E-state index contributed by atoms with van der Waals surface area (Å²) < 4.78 is 1.93. The van der Waals surface area contributed by atoms with Crippen LogP contribution in [0.3, 0.4) is 0 Å². The molecular formula is C19H16Cl3N3O. The van der Waals surface area contributed by atoms with Crippen LogP contribution in [0.5, 0.6) is 0 Å². The van der Waals surface area contributed by atoms with Crippen molar-refractivity contribution in [3.05, 3.63) is 86.9 Å². The first-order valence-electron chi connectivity index (χ1n) is 7.87. The number of rotatable bonds is 6. The van der Waals surface area contributed by atoms with Gasteiger partial charge >= 0.3 is 0 Å². The van der Waals surface area contributed by atoms with Gasteiger partial charge in [-0.15, -0.1) is 0 Å². The summed E-state index contributed by atoms with van der Waals surface area (Å²) in [7, 11) is 1.93. The number of aromatic nitrogens is 2. The molecule has 0 amide bonds. The van der Waals surface area contributed by atoms with Gasteiger partial charge in [-0.2, -0.15) is 0 Å². The molecule has 0 unspecified atom stereocenters. The van der Waals surface area contributed by atoms with E-state index in [9.17, 15) is 0 Å². The highest BCUT2D eigenvalue weighted by Gasteiger charge is 2.13. The molecular weight excluding hydrogens is 393 g/mol. The number of halogens is 3. The molecule has 0 saturated heterocycles. The third kappa shape index (κ3) is 4.79. The molecule has 0 atom stereocenters. The van der Waals surface area contributed by atoms with E-state index in [1.54, 1.807) is 24.7 Å². The second-order valence-electron chi connectivity index (χ2n) is 5.73. The summed E-state index contributed by atoms with van der Waals surface area (Å²) in [5, 5.41) is 6.11. The standard InChI is InChI=1S/C19H16Cl3N3O/c1-25-12-23-10-16(25)9-19(17-7-6-15(21)8-18(17)22)24-26-11-13-2-4-14(20)5-3-13/h2-8,10,12H,9,11H2,1H3. The van der Waals surface area contributed by atoms with Crippen molar-refractivity contribution in [3.8, 4) is 0 Å². The Morgan fingerprint density at radius 1 is 1.08 bits per heavy atom. The van der Waals surface area contributed by atoms with Crippen LogP contribution < -0.4 is 0 Å². The summed E-state index contributed by atoms with van der Waals surface area (Å²) in [4.78, 5) is 9.72. The third-order valence-corrected chi connectivity index (χ3v) is 4.63. The Kier molecular flexibility index (Phi) is 6.20. The number of imidazole rings is 1. The molecule has 0 aliphatic carbocycles. The van der Waals surface area contributed by atoms with E-state index in [2.05, 4.69) is 10.1 Å². The number of oxime groups is 1. The van der Waals surface area contributed by atoms with Crippen molar-refractivity contribution in [3.63, 3.8) is 0 Å². The van der Waals surface area contributed by atoms with Crippen LogP contribution in [-0.2, 0) is 24.9 Å². The van der Waals surface area contributed by atoms with Crippen LogP contribution in [0, 0.1) is 0 Å². The van der Waals surface area contributed by atoms with Gasteiger partial charge in [0.1, 0.15) is 6.61 Å². The SMILES string of the molecule is Cn1cncc1CC(=NOCc1ccc(Cl)cc1)c1ccc(Cl)cc1Cl. The average Bonchev–Trinajstić information content (AvgIpc) is 3.01. The van der Waals surface area contributed by atoms with Gasteiger partial charge in [-0.25, -0.2) is 4.98 Å². The molecule has 0 aliphatic rings. The monoisotopic (exact) mass is 407 g/mol. The molecule has 0 saturated carbocycles. The van der Waals surface area contributed by atoms with Gasteiger partial charge in [0.15, 0.2) is 0 Å². The van der Waals surface area contributed by atoms with Crippen LogP contribution >= 0.6 is 34.8 Å². The van der Waals surface area contributed by atoms with Crippen molar-refractivity contribution in [1.29, 1.82) is 0 Å². The molecule has 2 aromatic carbocycles. The first kappa shape index (κ1) is 18.8. The number of hydrogen-bond acceptors (Lipinski definition) is 3. The predicted octanol–water partition coefficient (Wildman–Crippen LogP) is 5.54. The maximum Gasteiger partial charge on any atom is 0.142 e. The fourth-order valence-electron chi connectivity index (χ4n) is 2.39. The van der Waals surface area contributed by atoms with E-state index in [4.69, 9.17) is 39.6 Å². The molecule has 4 nitrogen and oxygen atoms in total. The maximum atomic E-state index is 6.36. The molecule has 134 valence electrons. The van der Waals surface area contributed by atoms with E-state index in [-0.39, 0.29) is 0 Å². The van der Waals surface area contributed by atoms with Gasteiger partial charge in [0.25, 0.3) is 0 Å². The minimum atomic E-state index is 0.331. The van der Waals surface area contributed by atoms with Gasteiger partial charge in [0.05, 0.1) is 17.1 Å². The zero-order valence-electron chi connectivity index (χ0n) is 14.0. The van der Waals surface area contributed by atoms with Crippen LogP contribution in [0.2, 0.25) is 15.1 Å². The summed E-state index contributed by atoms with van der Waals surface area (Å²) in [6, 6.07) is 12.7. The lowest BCUT2D eigenvalue weighted by atomic mass is 10.1. The molecule has 1 aromatic heterocycles. The van der Waals surface area contributed by atoms with Crippen molar-refractivity contribution in [2.45, 2.75) is 13.0 Å². The Morgan fingerprint density at radius 2 is 1.81 bits per heavy atom. The van der Waals surface area contributed by atoms with Crippen LogP contribution in [0.15, 0.2) is 60.1 Å².